The van der Waals surface area contributed by atoms with Crippen LogP contribution in [0, 0.1) is 0 Å². The summed E-state index contributed by atoms with van der Waals surface area (Å²) in [6.07, 6.45) is 36.6. The van der Waals surface area contributed by atoms with Gasteiger partial charge in [-0.25, -0.2) is 0 Å². The molecule has 0 spiro atoms. The normalized spacial score (nSPS) is 15.9. The number of hydrogen-bond donors (Lipinski definition) is 0. The first-order valence-electron chi connectivity index (χ1n) is 15.0. The zero-order chi connectivity index (χ0) is 23.1. The number of hydrogen-bond acceptors (Lipinski definition) is 2. The van der Waals surface area contributed by atoms with Gasteiger partial charge in [-0.3, -0.25) is 0 Å². The zero-order valence-electron chi connectivity index (χ0n) is 22.6. The summed E-state index contributed by atoms with van der Waals surface area (Å²) in [7, 11) is 0. The van der Waals surface area contributed by atoms with Crippen molar-refractivity contribution in [2.45, 2.75) is 168 Å². The predicted octanol–water partition coefficient (Wildman–Crippen LogP) is 10.0. The molecule has 0 aliphatic carbocycles. The van der Waals surface area contributed by atoms with Crippen LogP contribution in [-0.4, -0.2) is 29.1 Å². The predicted molar refractivity (Wildman–Crippen MR) is 145 cm³/mol. The van der Waals surface area contributed by atoms with Gasteiger partial charge in [0.2, 0.25) is 0 Å². The van der Waals surface area contributed by atoms with Gasteiger partial charge < -0.3 is 9.80 Å². The molecule has 0 aromatic carbocycles. The Balaban J connectivity index is 1.92. The summed E-state index contributed by atoms with van der Waals surface area (Å²) in [6, 6.07) is 0. The molecule has 0 saturated carbocycles. The molecule has 0 N–H and O–H groups in total. The Morgan fingerprint density at radius 2 is 0.719 bits per heavy atom. The highest BCUT2D eigenvalue weighted by molar-refractivity contribution is 4.96. The maximum Gasteiger partial charge on any atom is 0.101 e. The van der Waals surface area contributed by atoms with E-state index in [9.17, 15) is 0 Å². The van der Waals surface area contributed by atoms with Crippen molar-refractivity contribution in [2.24, 2.45) is 0 Å². The SMILES string of the molecule is CCCCCCCCCCCCCCCCCCN1C=CN(CCCCCC)C1CCC. The minimum atomic E-state index is 0.637. The van der Waals surface area contributed by atoms with Crippen LogP contribution in [0.4, 0.5) is 0 Å². The third-order valence-corrected chi connectivity index (χ3v) is 7.30. The van der Waals surface area contributed by atoms with Gasteiger partial charge >= 0.3 is 0 Å². The van der Waals surface area contributed by atoms with Crippen LogP contribution in [0.5, 0.6) is 0 Å². The van der Waals surface area contributed by atoms with Crippen LogP contribution in [0.2, 0.25) is 0 Å². The van der Waals surface area contributed by atoms with Crippen LogP contribution in [-0.2, 0) is 0 Å². The van der Waals surface area contributed by atoms with Gasteiger partial charge in [0.05, 0.1) is 0 Å². The molecule has 0 bridgehead atoms. The molecular formula is C30H60N2. The van der Waals surface area contributed by atoms with Gasteiger partial charge in [-0.05, 0) is 19.3 Å². The number of unbranched alkanes of at least 4 members (excludes halogenated alkanes) is 18. The Bertz CT molecular complexity index is 406. The van der Waals surface area contributed by atoms with Crippen molar-refractivity contribution in [3.63, 3.8) is 0 Å². The minimum Gasteiger partial charge on any atom is -0.356 e. The van der Waals surface area contributed by atoms with Crippen molar-refractivity contribution in [1.29, 1.82) is 0 Å². The summed E-state index contributed by atoms with van der Waals surface area (Å²) in [5, 5.41) is 0. The molecule has 1 heterocycles. The lowest BCUT2D eigenvalue weighted by molar-refractivity contribution is 0.138. The Morgan fingerprint density at radius 1 is 0.406 bits per heavy atom. The lowest BCUT2D eigenvalue weighted by Crippen LogP contribution is -2.39. The number of rotatable bonds is 24. The lowest BCUT2D eigenvalue weighted by atomic mass is 10.0. The van der Waals surface area contributed by atoms with Crippen molar-refractivity contribution in [3.05, 3.63) is 12.4 Å². The van der Waals surface area contributed by atoms with E-state index < -0.39 is 0 Å². The highest BCUT2D eigenvalue weighted by atomic mass is 15.4. The molecule has 2 nitrogen and oxygen atoms in total. The molecule has 1 aliphatic heterocycles. The summed E-state index contributed by atoms with van der Waals surface area (Å²) >= 11 is 0. The Morgan fingerprint density at radius 3 is 1.06 bits per heavy atom. The van der Waals surface area contributed by atoms with Gasteiger partial charge in [0.15, 0.2) is 0 Å². The van der Waals surface area contributed by atoms with E-state index in [1.54, 1.807) is 0 Å². The molecule has 0 fully saturated rings. The molecule has 0 aromatic heterocycles. The van der Waals surface area contributed by atoms with E-state index in [1.807, 2.05) is 0 Å². The maximum absolute atomic E-state index is 2.63. The van der Waals surface area contributed by atoms with Crippen molar-refractivity contribution in [3.8, 4) is 0 Å². The minimum absolute atomic E-state index is 0.637. The van der Waals surface area contributed by atoms with Crippen molar-refractivity contribution in [2.75, 3.05) is 13.1 Å². The van der Waals surface area contributed by atoms with E-state index in [1.165, 1.54) is 154 Å². The topological polar surface area (TPSA) is 6.48 Å². The quantitative estimate of drug-likeness (QED) is 0.135. The van der Waals surface area contributed by atoms with Crippen LogP contribution < -0.4 is 0 Å². The lowest BCUT2D eigenvalue weighted by Gasteiger charge is -2.33. The monoisotopic (exact) mass is 448 g/mol. The molecule has 1 unspecified atom stereocenters. The first kappa shape index (κ1) is 29.4. The second-order valence-corrected chi connectivity index (χ2v) is 10.4. The van der Waals surface area contributed by atoms with Gasteiger partial charge in [0.1, 0.15) is 6.17 Å². The summed E-state index contributed by atoms with van der Waals surface area (Å²) in [6.45, 7) is 9.44. The molecule has 0 saturated heterocycles. The highest BCUT2D eigenvalue weighted by Crippen LogP contribution is 2.22. The van der Waals surface area contributed by atoms with E-state index in [-0.39, 0.29) is 0 Å². The Kier molecular flexibility index (Phi) is 20.3. The Labute approximate surface area is 203 Å². The third kappa shape index (κ3) is 15.2. The fourth-order valence-electron chi connectivity index (χ4n) is 5.16. The smallest absolute Gasteiger partial charge is 0.101 e. The molecule has 0 radical (unpaired) electrons. The van der Waals surface area contributed by atoms with Crippen molar-refractivity contribution in [1.82, 2.24) is 9.80 Å². The van der Waals surface area contributed by atoms with Crippen molar-refractivity contribution < 1.29 is 0 Å². The van der Waals surface area contributed by atoms with E-state index in [0.717, 1.165) is 0 Å². The largest absolute Gasteiger partial charge is 0.356 e. The van der Waals surface area contributed by atoms with Crippen molar-refractivity contribution >= 4 is 0 Å². The molecule has 32 heavy (non-hydrogen) atoms. The van der Waals surface area contributed by atoms with Gasteiger partial charge in [-0.15, -0.1) is 0 Å². The first-order chi connectivity index (χ1) is 15.8. The van der Waals surface area contributed by atoms with Crippen LogP contribution >= 0.6 is 0 Å². The van der Waals surface area contributed by atoms with Crippen LogP contribution in [0.25, 0.3) is 0 Å². The molecule has 0 aromatic rings. The second kappa shape index (κ2) is 22.1. The van der Waals surface area contributed by atoms with E-state index in [2.05, 4.69) is 43.0 Å². The van der Waals surface area contributed by atoms with Crippen LogP contribution in [0.15, 0.2) is 12.4 Å². The second-order valence-electron chi connectivity index (χ2n) is 10.4. The standard InChI is InChI=1S/C30H60N2/c1-4-7-9-11-12-13-14-15-16-17-18-19-20-21-22-24-27-32-29-28-31(30(32)25-6-3)26-23-10-8-5-2/h28-30H,4-27H2,1-3H3. The fourth-order valence-corrected chi connectivity index (χ4v) is 5.16. The third-order valence-electron chi connectivity index (χ3n) is 7.30. The molecule has 190 valence electrons. The first-order valence-corrected chi connectivity index (χ1v) is 15.0. The maximum atomic E-state index is 2.63. The molecule has 2 heteroatoms. The van der Waals surface area contributed by atoms with Gasteiger partial charge in [0.25, 0.3) is 0 Å². The zero-order valence-corrected chi connectivity index (χ0v) is 22.6. The molecule has 1 aliphatic rings. The summed E-state index contributed by atoms with van der Waals surface area (Å²) in [5.41, 5.74) is 0. The van der Waals surface area contributed by atoms with E-state index in [0.29, 0.717) is 6.17 Å². The molecule has 0 amide bonds. The van der Waals surface area contributed by atoms with E-state index >= 15 is 0 Å². The van der Waals surface area contributed by atoms with Gasteiger partial charge in [0, 0.05) is 25.5 Å². The van der Waals surface area contributed by atoms with Gasteiger partial charge in [-0.1, -0.05) is 143 Å². The Hall–Kier alpha value is -0.660. The summed E-state index contributed by atoms with van der Waals surface area (Å²) in [5.74, 6) is 0. The summed E-state index contributed by atoms with van der Waals surface area (Å²) < 4.78 is 0. The molecule has 1 rings (SSSR count). The average Bonchev–Trinajstić information content (AvgIpc) is 3.18. The number of nitrogens with zero attached hydrogens (tertiary/aromatic N) is 2. The highest BCUT2D eigenvalue weighted by Gasteiger charge is 2.24. The fraction of sp³-hybridized carbons (Fsp3) is 0.933. The van der Waals surface area contributed by atoms with Crippen LogP contribution in [0.3, 0.4) is 0 Å². The average molecular weight is 449 g/mol. The van der Waals surface area contributed by atoms with Crippen LogP contribution in [0.1, 0.15) is 162 Å². The summed E-state index contributed by atoms with van der Waals surface area (Å²) in [4.78, 5) is 5.25. The molecule has 1 atom stereocenters. The van der Waals surface area contributed by atoms with E-state index in [4.69, 9.17) is 0 Å². The molecular weight excluding hydrogens is 388 g/mol. The van der Waals surface area contributed by atoms with Gasteiger partial charge in [-0.2, -0.15) is 0 Å².